The van der Waals surface area contributed by atoms with Gasteiger partial charge < -0.3 is 5.73 Å². The van der Waals surface area contributed by atoms with Crippen molar-refractivity contribution in [2.45, 2.75) is 26.2 Å². The Bertz CT molecular complexity index is 605. The SMILES string of the molecule is CC(C)(C)c1ccc(C(=O)c2cc(N)cc(F)c2)s1. The van der Waals surface area contributed by atoms with Crippen LogP contribution < -0.4 is 5.73 Å². The molecule has 2 rings (SSSR count). The standard InChI is InChI=1S/C15H16FNOS/c1-15(2,3)13-5-4-12(19-13)14(18)9-6-10(16)8-11(17)7-9/h4-8H,17H2,1-3H3. The first-order valence-electron chi connectivity index (χ1n) is 5.98. The van der Waals surface area contributed by atoms with E-state index in [9.17, 15) is 9.18 Å². The number of ketones is 1. The van der Waals surface area contributed by atoms with Crippen molar-refractivity contribution in [1.29, 1.82) is 0 Å². The predicted octanol–water partition coefficient (Wildman–Crippen LogP) is 4.00. The Labute approximate surface area is 116 Å². The summed E-state index contributed by atoms with van der Waals surface area (Å²) in [5.74, 6) is -0.678. The fourth-order valence-corrected chi connectivity index (χ4v) is 2.77. The number of rotatable bonds is 2. The zero-order chi connectivity index (χ0) is 14.2. The number of hydrogen-bond donors (Lipinski definition) is 1. The molecule has 100 valence electrons. The van der Waals surface area contributed by atoms with Gasteiger partial charge in [-0.2, -0.15) is 0 Å². The molecule has 0 atom stereocenters. The van der Waals surface area contributed by atoms with Gasteiger partial charge in [0.1, 0.15) is 5.82 Å². The molecule has 0 amide bonds. The van der Waals surface area contributed by atoms with Gasteiger partial charge in [-0.15, -0.1) is 11.3 Å². The first-order chi connectivity index (χ1) is 8.77. The summed E-state index contributed by atoms with van der Waals surface area (Å²) < 4.78 is 13.3. The van der Waals surface area contributed by atoms with Crippen LogP contribution in [0.15, 0.2) is 30.3 Å². The molecule has 2 aromatic rings. The summed E-state index contributed by atoms with van der Waals surface area (Å²) in [5.41, 5.74) is 6.12. The lowest BCUT2D eigenvalue weighted by Gasteiger charge is -2.15. The summed E-state index contributed by atoms with van der Waals surface area (Å²) in [6.07, 6.45) is 0. The third kappa shape index (κ3) is 3.01. The number of benzene rings is 1. The van der Waals surface area contributed by atoms with E-state index in [-0.39, 0.29) is 16.9 Å². The predicted molar refractivity (Wildman–Crippen MR) is 77.3 cm³/mol. The van der Waals surface area contributed by atoms with Crippen LogP contribution in [0.4, 0.5) is 10.1 Å². The smallest absolute Gasteiger partial charge is 0.203 e. The number of carbonyl (C=O) groups is 1. The number of carbonyl (C=O) groups excluding carboxylic acids is 1. The molecule has 0 radical (unpaired) electrons. The molecule has 1 aromatic heterocycles. The average Bonchev–Trinajstić information content (AvgIpc) is 2.75. The van der Waals surface area contributed by atoms with Crippen molar-refractivity contribution in [2.24, 2.45) is 0 Å². The number of anilines is 1. The molecule has 1 heterocycles. The van der Waals surface area contributed by atoms with Gasteiger partial charge in [0.15, 0.2) is 0 Å². The fourth-order valence-electron chi connectivity index (χ4n) is 1.75. The van der Waals surface area contributed by atoms with Crippen LogP contribution in [-0.2, 0) is 5.41 Å². The van der Waals surface area contributed by atoms with E-state index in [0.717, 1.165) is 4.88 Å². The van der Waals surface area contributed by atoms with E-state index in [4.69, 9.17) is 5.73 Å². The Morgan fingerprint density at radius 3 is 2.42 bits per heavy atom. The highest BCUT2D eigenvalue weighted by Gasteiger charge is 2.19. The summed E-state index contributed by atoms with van der Waals surface area (Å²) in [7, 11) is 0. The summed E-state index contributed by atoms with van der Waals surface area (Å²) in [6, 6.07) is 7.65. The van der Waals surface area contributed by atoms with Crippen LogP contribution in [0.1, 0.15) is 40.9 Å². The van der Waals surface area contributed by atoms with Gasteiger partial charge in [0.25, 0.3) is 0 Å². The second-order valence-corrected chi connectivity index (χ2v) is 6.60. The molecule has 4 heteroatoms. The summed E-state index contributed by atoms with van der Waals surface area (Å²) >= 11 is 1.44. The Morgan fingerprint density at radius 2 is 1.89 bits per heavy atom. The van der Waals surface area contributed by atoms with Crippen molar-refractivity contribution >= 4 is 22.8 Å². The van der Waals surface area contributed by atoms with E-state index in [0.29, 0.717) is 10.4 Å². The molecule has 0 spiro atoms. The van der Waals surface area contributed by atoms with Crippen LogP contribution in [0.5, 0.6) is 0 Å². The molecule has 0 aliphatic rings. The van der Waals surface area contributed by atoms with E-state index in [1.54, 1.807) is 6.07 Å². The Morgan fingerprint density at radius 1 is 1.21 bits per heavy atom. The van der Waals surface area contributed by atoms with Gasteiger partial charge in [-0.05, 0) is 35.7 Å². The maximum Gasteiger partial charge on any atom is 0.203 e. The van der Waals surface area contributed by atoms with E-state index in [1.165, 1.54) is 29.5 Å². The van der Waals surface area contributed by atoms with Crippen molar-refractivity contribution < 1.29 is 9.18 Å². The number of halogens is 1. The van der Waals surface area contributed by atoms with Gasteiger partial charge in [0, 0.05) is 16.1 Å². The number of nitrogen functional groups attached to an aromatic ring is 1. The van der Waals surface area contributed by atoms with Gasteiger partial charge in [-0.1, -0.05) is 20.8 Å². The minimum atomic E-state index is -0.490. The van der Waals surface area contributed by atoms with Crippen LogP contribution in [0.2, 0.25) is 0 Å². The molecule has 0 fully saturated rings. The van der Waals surface area contributed by atoms with Gasteiger partial charge in [0.05, 0.1) is 4.88 Å². The highest BCUT2D eigenvalue weighted by atomic mass is 32.1. The van der Waals surface area contributed by atoms with Crippen LogP contribution in [0.3, 0.4) is 0 Å². The summed E-state index contributed by atoms with van der Waals surface area (Å²) in [4.78, 5) is 14.0. The molecule has 2 N–H and O–H groups in total. The zero-order valence-corrected chi connectivity index (χ0v) is 12.0. The molecule has 0 bridgehead atoms. The molecular weight excluding hydrogens is 261 g/mol. The van der Waals surface area contributed by atoms with E-state index >= 15 is 0 Å². The maximum absolute atomic E-state index is 13.3. The molecule has 0 aliphatic carbocycles. The molecule has 2 nitrogen and oxygen atoms in total. The normalized spacial score (nSPS) is 11.6. The second-order valence-electron chi connectivity index (χ2n) is 5.52. The molecular formula is C15H16FNOS. The number of nitrogens with two attached hydrogens (primary N) is 1. The van der Waals surface area contributed by atoms with Gasteiger partial charge in [0.2, 0.25) is 5.78 Å². The van der Waals surface area contributed by atoms with Crippen molar-refractivity contribution in [2.75, 3.05) is 5.73 Å². The zero-order valence-electron chi connectivity index (χ0n) is 11.2. The van der Waals surface area contributed by atoms with Gasteiger partial charge >= 0.3 is 0 Å². The maximum atomic E-state index is 13.3. The average molecular weight is 277 g/mol. The highest BCUT2D eigenvalue weighted by molar-refractivity contribution is 7.14. The molecule has 1 aromatic carbocycles. The van der Waals surface area contributed by atoms with Crippen molar-refractivity contribution in [3.63, 3.8) is 0 Å². The van der Waals surface area contributed by atoms with Gasteiger partial charge in [-0.25, -0.2) is 4.39 Å². The first-order valence-corrected chi connectivity index (χ1v) is 6.80. The van der Waals surface area contributed by atoms with Crippen molar-refractivity contribution in [1.82, 2.24) is 0 Å². The quantitative estimate of drug-likeness (QED) is 0.666. The fraction of sp³-hybridized carbons (Fsp3) is 0.267. The largest absolute Gasteiger partial charge is 0.399 e. The highest BCUT2D eigenvalue weighted by Crippen LogP contribution is 2.30. The van der Waals surface area contributed by atoms with Crippen LogP contribution in [0.25, 0.3) is 0 Å². The van der Waals surface area contributed by atoms with Crippen LogP contribution >= 0.6 is 11.3 Å². The lowest BCUT2D eigenvalue weighted by Crippen LogP contribution is -2.08. The topological polar surface area (TPSA) is 43.1 Å². The summed E-state index contributed by atoms with van der Waals surface area (Å²) in [5, 5.41) is 0. The Hall–Kier alpha value is -1.68. The first kappa shape index (κ1) is 13.7. The molecule has 0 saturated heterocycles. The molecule has 0 unspecified atom stereocenters. The van der Waals surface area contributed by atoms with Crippen molar-refractivity contribution in [3.8, 4) is 0 Å². The Balaban J connectivity index is 2.36. The van der Waals surface area contributed by atoms with Gasteiger partial charge in [-0.3, -0.25) is 4.79 Å². The molecule has 0 aliphatic heterocycles. The van der Waals surface area contributed by atoms with Crippen LogP contribution in [-0.4, -0.2) is 5.78 Å². The third-order valence-electron chi connectivity index (χ3n) is 2.75. The molecule has 0 saturated carbocycles. The second kappa shape index (κ2) is 4.78. The molecule has 19 heavy (non-hydrogen) atoms. The Kier molecular flexibility index (Phi) is 3.45. The van der Waals surface area contributed by atoms with E-state index in [2.05, 4.69) is 20.8 Å². The number of hydrogen-bond acceptors (Lipinski definition) is 3. The van der Waals surface area contributed by atoms with E-state index < -0.39 is 5.82 Å². The minimum Gasteiger partial charge on any atom is -0.399 e. The lowest BCUT2D eigenvalue weighted by molar-refractivity contribution is 0.104. The summed E-state index contributed by atoms with van der Waals surface area (Å²) in [6.45, 7) is 6.27. The lowest BCUT2D eigenvalue weighted by atomic mass is 9.95. The monoisotopic (exact) mass is 277 g/mol. The number of thiophene rings is 1. The minimum absolute atomic E-state index is 0.00413. The van der Waals surface area contributed by atoms with Crippen molar-refractivity contribution in [3.05, 3.63) is 51.5 Å². The van der Waals surface area contributed by atoms with Crippen LogP contribution in [0, 0.1) is 5.82 Å². The third-order valence-corrected chi connectivity index (χ3v) is 4.26. The van der Waals surface area contributed by atoms with E-state index in [1.807, 2.05) is 6.07 Å².